The monoisotopic (exact) mass is 197 g/mol. The molecule has 0 saturated heterocycles. The lowest BCUT2D eigenvalue weighted by Crippen LogP contribution is -2.29. The minimum absolute atomic E-state index is 0.349. The van der Waals surface area contributed by atoms with E-state index in [4.69, 9.17) is 5.73 Å². The van der Waals surface area contributed by atoms with Crippen LogP contribution in [0.25, 0.3) is 0 Å². The summed E-state index contributed by atoms with van der Waals surface area (Å²) in [6.07, 6.45) is 1.49. The zero-order valence-electron chi connectivity index (χ0n) is 7.46. The third kappa shape index (κ3) is 6.54. The zero-order chi connectivity index (χ0) is 9.78. The average Bonchev–Trinajstić information content (AvgIpc) is 1.82. The summed E-state index contributed by atoms with van der Waals surface area (Å²) in [7, 11) is -4.40. The molecule has 0 amide bonds. The van der Waals surface area contributed by atoms with Crippen LogP contribution in [0.4, 0.5) is 3.89 Å². The van der Waals surface area contributed by atoms with E-state index in [0.717, 1.165) is 6.42 Å². The fourth-order valence-electron chi connectivity index (χ4n) is 1.01. The fourth-order valence-corrected chi connectivity index (χ4v) is 1.65. The van der Waals surface area contributed by atoms with Crippen LogP contribution >= 0.6 is 0 Å². The van der Waals surface area contributed by atoms with Gasteiger partial charge in [-0.05, 0) is 12.3 Å². The second kappa shape index (κ2) is 4.77. The van der Waals surface area contributed by atoms with Crippen LogP contribution in [0.2, 0.25) is 0 Å². The topological polar surface area (TPSA) is 60.2 Å². The van der Waals surface area contributed by atoms with E-state index in [1.807, 2.05) is 13.8 Å². The molecule has 2 atom stereocenters. The third-order valence-electron chi connectivity index (χ3n) is 1.82. The summed E-state index contributed by atoms with van der Waals surface area (Å²) in [5, 5.41) is 0. The largest absolute Gasteiger partial charge is 0.327 e. The van der Waals surface area contributed by atoms with Gasteiger partial charge in [0.15, 0.2) is 0 Å². The van der Waals surface area contributed by atoms with Crippen molar-refractivity contribution in [1.29, 1.82) is 0 Å². The van der Waals surface area contributed by atoms with Crippen LogP contribution < -0.4 is 5.73 Å². The molecule has 5 heteroatoms. The molecule has 74 valence electrons. The Labute approximate surface area is 73.4 Å². The minimum Gasteiger partial charge on any atom is -0.327 e. The number of nitrogens with two attached hydrogens (primary N) is 1. The zero-order valence-corrected chi connectivity index (χ0v) is 8.27. The number of halogens is 1. The predicted octanol–water partition coefficient (Wildman–Crippen LogP) is 1.05. The smallest absolute Gasteiger partial charge is 0.303 e. The summed E-state index contributed by atoms with van der Waals surface area (Å²) in [6.45, 7) is 3.95. The highest BCUT2D eigenvalue weighted by molar-refractivity contribution is 7.86. The molecule has 0 aromatic carbocycles. The van der Waals surface area contributed by atoms with Crippen LogP contribution in [0.1, 0.15) is 26.7 Å². The lowest BCUT2D eigenvalue weighted by molar-refractivity contribution is 0.462. The van der Waals surface area contributed by atoms with Crippen LogP contribution in [-0.4, -0.2) is 20.2 Å². The second-order valence-corrected chi connectivity index (χ2v) is 4.63. The van der Waals surface area contributed by atoms with Crippen molar-refractivity contribution < 1.29 is 12.3 Å². The van der Waals surface area contributed by atoms with Crippen molar-refractivity contribution >= 4 is 10.2 Å². The molecule has 12 heavy (non-hydrogen) atoms. The summed E-state index contributed by atoms with van der Waals surface area (Å²) in [5.41, 5.74) is 5.42. The maximum atomic E-state index is 12.1. The van der Waals surface area contributed by atoms with E-state index < -0.39 is 22.0 Å². The van der Waals surface area contributed by atoms with Gasteiger partial charge in [-0.1, -0.05) is 20.3 Å². The summed E-state index contributed by atoms with van der Waals surface area (Å²) < 4.78 is 32.4. The first kappa shape index (κ1) is 11.8. The quantitative estimate of drug-likeness (QED) is 0.670. The van der Waals surface area contributed by atoms with E-state index >= 15 is 0 Å². The molecule has 0 radical (unpaired) electrons. The standard InChI is InChI=1S/C7H16FNO2S/c1-3-6(2)4-7(9)5-12(8,10)11/h6-7H,3-5,9H2,1-2H3. The Hall–Kier alpha value is -0.160. The summed E-state index contributed by atoms with van der Waals surface area (Å²) in [6, 6.07) is -0.574. The first-order valence-electron chi connectivity index (χ1n) is 4.03. The van der Waals surface area contributed by atoms with Crippen molar-refractivity contribution in [3.8, 4) is 0 Å². The van der Waals surface area contributed by atoms with Gasteiger partial charge in [0.05, 0.1) is 5.75 Å². The Morgan fingerprint density at radius 2 is 2.00 bits per heavy atom. The number of hydrogen-bond acceptors (Lipinski definition) is 3. The Bertz CT molecular complexity index is 215. The van der Waals surface area contributed by atoms with Gasteiger partial charge in [0.1, 0.15) is 0 Å². The molecule has 3 nitrogen and oxygen atoms in total. The van der Waals surface area contributed by atoms with Gasteiger partial charge in [-0.15, -0.1) is 3.89 Å². The van der Waals surface area contributed by atoms with E-state index in [2.05, 4.69) is 0 Å². The molecule has 0 spiro atoms. The first-order valence-corrected chi connectivity index (χ1v) is 5.58. The van der Waals surface area contributed by atoms with Gasteiger partial charge < -0.3 is 5.73 Å². The van der Waals surface area contributed by atoms with E-state index in [-0.39, 0.29) is 0 Å². The second-order valence-electron chi connectivity index (χ2n) is 3.21. The number of hydrogen-bond donors (Lipinski definition) is 1. The Kier molecular flexibility index (Phi) is 4.70. The Morgan fingerprint density at radius 3 is 2.33 bits per heavy atom. The molecule has 0 bridgehead atoms. The molecule has 0 heterocycles. The predicted molar refractivity (Wildman–Crippen MR) is 46.9 cm³/mol. The van der Waals surface area contributed by atoms with Gasteiger partial charge in [0.25, 0.3) is 0 Å². The van der Waals surface area contributed by atoms with Crippen molar-refractivity contribution in [2.45, 2.75) is 32.7 Å². The highest BCUT2D eigenvalue weighted by atomic mass is 32.3. The maximum Gasteiger partial charge on any atom is 0.303 e. The highest BCUT2D eigenvalue weighted by Gasteiger charge is 2.16. The van der Waals surface area contributed by atoms with E-state index in [9.17, 15) is 12.3 Å². The Morgan fingerprint density at radius 1 is 1.50 bits per heavy atom. The van der Waals surface area contributed by atoms with E-state index in [0.29, 0.717) is 12.3 Å². The molecule has 0 aromatic heterocycles. The van der Waals surface area contributed by atoms with E-state index in [1.165, 1.54) is 0 Å². The summed E-state index contributed by atoms with van der Waals surface area (Å²) >= 11 is 0. The molecule has 0 aromatic rings. The van der Waals surface area contributed by atoms with Gasteiger partial charge in [-0.2, -0.15) is 8.42 Å². The first-order chi connectivity index (χ1) is 5.35. The van der Waals surface area contributed by atoms with Gasteiger partial charge in [0, 0.05) is 6.04 Å². The normalized spacial score (nSPS) is 17.3. The Balaban J connectivity index is 3.82. The van der Waals surface area contributed by atoms with Crippen LogP contribution in [-0.2, 0) is 10.2 Å². The molecule has 0 aliphatic heterocycles. The lowest BCUT2D eigenvalue weighted by atomic mass is 10.0. The van der Waals surface area contributed by atoms with Crippen molar-refractivity contribution in [2.75, 3.05) is 5.75 Å². The summed E-state index contributed by atoms with van der Waals surface area (Å²) in [5.74, 6) is -0.209. The van der Waals surface area contributed by atoms with Crippen molar-refractivity contribution in [3.63, 3.8) is 0 Å². The van der Waals surface area contributed by atoms with Crippen molar-refractivity contribution in [1.82, 2.24) is 0 Å². The SMILES string of the molecule is CCC(C)CC(N)CS(=O)(=O)F. The maximum absolute atomic E-state index is 12.1. The molecular formula is C7H16FNO2S. The molecule has 0 fully saturated rings. The average molecular weight is 197 g/mol. The molecular weight excluding hydrogens is 181 g/mol. The van der Waals surface area contributed by atoms with Crippen molar-refractivity contribution in [2.24, 2.45) is 11.7 Å². The van der Waals surface area contributed by atoms with Gasteiger partial charge in [-0.25, -0.2) is 0 Å². The molecule has 2 unspecified atom stereocenters. The number of rotatable bonds is 5. The van der Waals surface area contributed by atoms with Crippen LogP contribution in [0.5, 0.6) is 0 Å². The molecule has 0 saturated carbocycles. The van der Waals surface area contributed by atoms with Crippen LogP contribution in [0, 0.1) is 5.92 Å². The van der Waals surface area contributed by atoms with Gasteiger partial charge in [0.2, 0.25) is 0 Å². The van der Waals surface area contributed by atoms with E-state index in [1.54, 1.807) is 0 Å². The molecule has 0 rings (SSSR count). The highest BCUT2D eigenvalue weighted by Crippen LogP contribution is 2.10. The molecule has 0 aliphatic carbocycles. The molecule has 2 N–H and O–H groups in total. The summed E-state index contributed by atoms with van der Waals surface area (Å²) in [4.78, 5) is 0. The van der Waals surface area contributed by atoms with Gasteiger partial charge >= 0.3 is 10.2 Å². The van der Waals surface area contributed by atoms with Crippen LogP contribution in [0.15, 0.2) is 0 Å². The van der Waals surface area contributed by atoms with Gasteiger partial charge in [-0.3, -0.25) is 0 Å². The van der Waals surface area contributed by atoms with Crippen LogP contribution in [0.3, 0.4) is 0 Å². The minimum atomic E-state index is -4.40. The fraction of sp³-hybridized carbons (Fsp3) is 1.00. The molecule has 0 aliphatic rings. The lowest BCUT2D eigenvalue weighted by Gasteiger charge is -2.13. The van der Waals surface area contributed by atoms with Crippen molar-refractivity contribution in [3.05, 3.63) is 0 Å². The third-order valence-corrected chi connectivity index (χ3v) is 2.64.